The molecule has 2 aromatic carbocycles. The second-order valence-electron chi connectivity index (χ2n) is 6.00. The maximum atomic E-state index is 12.6. The Kier molecular flexibility index (Phi) is 5.60. The van der Waals surface area contributed by atoms with Gasteiger partial charge in [-0.3, -0.25) is 0 Å². The average Bonchev–Trinajstić information content (AvgIpc) is 2.57. The maximum absolute atomic E-state index is 12.6. The second kappa shape index (κ2) is 7.86. The molecule has 0 amide bonds. The van der Waals surface area contributed by atoms with Crippen LogP contribution >= 0.6 is 0 Å². The number of ether oxygens (including phenoxy) is 1. The summed E-state index contributed by atoms with van der Waals surface area (Å²) in [6.07, 6.45) is 3.59. The van der Waals surface area contributed by atoms with Crippen molar-refractivity contribution in [3.63, 3.8) is 0 Å². The molecule has 1 N–H and O–H groups in total. The lowest BCUT2D eigenvalue weighted by atomic mass is 10.1. The van der Waals surface area contributed by atoms with Gasteiger partial charge in [0.15, 0.2) is 4.90 Å². The van der Waals surface area contributed by atoms with Gasteiger partial charge in [0, 0.05) is 5.56 Å². The smallest absolute Gasteiger partial charge is 0.155 e. The Morgan fingerprint density at radius 1 is 1.13 bits per heavy atom. The van der Waals surface area contributed by atoms with Crippen molar-refractivity contribution >= 4 is 11.2 Å². The molecule has 2 aromatic rings. The quantitative estimate of drug-likeness (QED) is 0.842. The molecule has 3 nitrogen and oxygen atoms in total. The van der Waals surface area contributed by atoms with Crippen LogP contribution in [0.2, 0.25) is 0 Å². The summed E-state index contributed by atoms with van der Waals surface area (Å²) in [6.45, 7) is 3.05. The molecular formula is C19H23NO2S. The van der Waals surface area contributed by atoms with E-state index in [1.54, 1.807) is 0 Å². The number of hydrogen-bond acceptors (Lipinski definition) is 3. The maximum Gasteiger partial charge on any atom is 0.155 e. The van der Waals surface area contributed by atoms with E-state index in [0.29, 0.717) is 11.8 Å². The molecule has 0 bridgehead atoms. The number of aryl methyl sites for hydroxylation is 1. The minimum absolute atomic E-state index is 0.379. The molecule has 1 saturated heterocycles. The van der Waals surface area contributed by atoms with Crippen LogP contribution in [-0.4, -0.2) is 22.9 Å². The van der Waals surface area contributed by atoms with Crippen molar-refractivity contribution in [3.05, 3.63) is 54.1 Å². The Morgan fingerprint density at radius 3 is 2.65 bits per heavy atom. The lowest BCUT2D eigenvalue weighted by Gasteiger charge is -2.24. The fourth-order valence-corrected chi connectivity index (χ4v) is 4.37. The van der Waals surface area contributed by atoms with E-state index in [9.17, 15) is 4.55 Å². The van der Waals surface area contributed by atoms with Crippen molar-refractivity contribution in [2.45, 2.75) is 37.1 Å². The van der Waals surface area contributed by atoms with Crippen molar-refractivity contribution in [3.8, 4) is 11.5 Å². The summed E-state index contributed by atoms with van der Waals surface area (Å²) in [5.41, 5.74) is 1.02. The van der Waals surface area contributed by atoms with Gasteiger partial charge in [-0.1, -0.05) is 24.6 Å². The molecule has 1 aliphatic heterocycles. The molecule has 0 aliphatic carbocycles. The fourth-order valence-electron chi connectivity index (χ4n) is 2.90. The third-order valence-electron chi connectivity index (χ3n) is 4.14. The van der Waals surface area contributed by atoms with Crippen molar-refractivity contribution < 1.29 is 9.29 Å². The van der Waals surface area contributed by atoms with Crippen LogP contribution in [0.5, 0.6) is 11.5 Å². The SMILES string of the molecule is Cc1cc(Oc2ccccc2)ccc1[S+]([O-])CC1CCCCN1. The summed E-state index contributed by atoms with van der Waals surface area (Å²) < 4.78 is 18.5. The van der Waals surface area contributed by atoms with Gasteiger partial charge in [0.05, 0.1) is 6.04 Å². The fraction of sp³-hybridized carbons (Fsp3) is 0.368. The number of para-hydroxylation sites is 1. The highest BCUT2D eigenvalue weighted by Crippen LogP contribution is 2.27. The Bertz CT molecular complexity index is 627. The Labute approximate surface area is 141 Å². The molecule has 0 spiro atoms. The van der Waals surface area contributed by atoms with E-state index in [-0.39, 0.29) is 0 Å². The van der Waals surface area contributed by atoms with Crippen molar-refractivity contribution in [1.29, 1.82) is 0 Å². The van der Waals surface area contributed by atoms with E-state index in [2.05, 4.69) is 5.32 Å². The third kappa shape index (κ3) is 4.50. The first-order valence-electron chi connectivity index (χ1n) is 8.18. The van der Waals surface area contributed by atoms with E-state index in [1.807, 2.05) is 55.5 Å². The first-order chi connectivity index (χ1) is 11.2. The van der Waals surface area contributed by atoms with Crippen LogP contribution in [0.1, 0.15) is 24.8 Å². The molecule has 122 valence electrons. The Balaban J connectivity index is 1.66. The number of piperidine rings is 1. The van der Waals surface area contributed by atoms with Gasteiger partial charge in [0.1, 0.15) is 17.3 Å². The predicted molar refractivity (Wildman–Crippen MR) is 94.6 cm³/mol. The Morgan fingerprint density at radius 2 is 1.96 bits per heavy atom. The van der Waals surface area contributed by atoms with Crippen molar-refractivity contribution in [1.82, 2.24) is 5.32 Å². The number of rotatable bonds is 5. The average molecular weight is 329 g/mol. The summed E-state index contributed by atoms with van der Waals surface area (Å²) in [6, 6.07) is 15.9. The molecule has 1 heterocycles. The van der Waals surface area contributed by atoms with Crippen LogP contribution in [-0.2, 0) is 11.2 Å². The third-order valence-corrected chi connectivity index (χ3v) is 5.79. The molecule has 23 heavy (non-hydrogen) atoms. The van der Waals surface area contributed by atoms with E-state index < -0.39 is 11.2 Å². The van der Waals surface area contributed by atoms with E-state index >= 15 is 0 Å². The molecule has 0 aromatic heterocycles. The van der Waals surface area contributed by atoms with Crippen LogP contribution < -0.4 is 10.1 Å². The van der Waals surface area contributed by atoms with Crippen molar-refractivity contribution in [2.75, 3.05) is 12.3 Å². The zero-order chi connectivity index (χ0) is 16.1. The lowest BCUT2D eigenvalue weighted by Crippen LogP contribution is -2.39. The van der Waals surface area contributed by atoms with Crippen LogP contribution in [0.15, 0.2) is 53.4 Å². The van der Waals surface area contributed by atoms with Crippen LogP contribution in [0.25, 0.3) is 0 Å². The molecule has 2 unspecified atom stereocenters. The normalized spacial score (nSPS) is 19.3. The van der Waals surface area contributed by atoms with Gasteiger partial charge in [-0.05, 0) is 67.8 Å². The minimum atomic E-state index is -0.965. The molecule has 4 heteroatoms. The number of benzene rings is 2. The highest BCUT2D eigenvalue weighted by atomic mass is 32.2. The van der Waals surface area contributed by atoms with Crippen molar-refractivity contribution in [2.24, 2.45) is 0 Å². The summed E-state index contributed by atoms with van der Waals surface area (Å²) in [5.74, 6) is 2.29. The van der Waals surface area contributed by atoms with E-state index in [1.165, 1.54) is 12.8 Å². The molecule has 3 rings (SSSR count). The topological polar surface area (TPSA) is 44.3 Å². The van der Waals surface area contributed by atoms with Gasteiger partial charge in [0.2, 0.25) is 0 Å². The lowest BCUT2D eigenvalue weighted by molar-refractivity contribution is 0.423. The van der Waals surface area contributed by atoms with Gasteiger partial charge >= 0.3 is 0 Å². The summed E-state index contributed by atoms with van der Waals surface area (Å²) in [5, 5.41) is 3.47. The summed E-state index contributed by atoms with van der Waals surface area (Å²) in [4.78, 5) is 0.915. The zero-order valence-electron chi connectivity index (χ0n) is 13.5. The molecular weight excluding hydrogens is 306 g/mol. The monoisotopic (exact) mass is 329 g/mol. The largest absolute Gasteiger partial charge is 0.611 e. The number of nitrogens with one attached hydrogen (secondary N) is 1. The van der Waals surface area contributed by atoms with Gasteiger partial charge in [0.25, 0.3) is 0 Å². The van der Waals surface area contributed by atoms with Crippen LogP contribution in [0.3, 0.4) is 0 Å². The van der Waals surface area contributed by atoms with Gasteiger partial charge in [-0.15, -0.1) is 0 Å². The van der Waals surface area contributed by atoms with Gasteiger partial charge < -0.3 is 14.6 Å². The summed E-state index contributed by atoms with van der Waals surface area (Å²) in [7, 11) is 0. The van der Waals surface area contributed by atoms with E-state index in [4.69, 9.17) is 4.74 Å². The standard InChI is InChI=1S/C19H23NO2S/c1-15-13-18(22-17-8-3-2-4-9-17)10-11-19(15)23(21)14-16-7-5-6-12-20-16/h2-4,8-11,13,16,20H,5-7,12,14H2,1H3. The molecule has 0 saturated carbocycles. The highest BCUT2D eigenvalue weighted by molar-refractivity contribution is 7.91. The molecule has 1 fully saturated rings. The van der Waals surface area contributed by atoms with E-state index in [0.717, 1.165) is 34.9 Å². The first-order valence-corrected chi connectivity index (χ1v) is 9.49. The molecule has 0 radical (unpaired) electrons. The minimum Gasteiger partial charge on any atom is -0.611 e. The van der Waals surface area contributed by atoms with Gasteiger partial charge in [-0.2, -0.15) is 0 Å². The predicted octanol–water partition coefficient (Wildman–Crippen LogP) is 4.04. The van der Waals surface area contributed by atoms with Gasteiger partial charge in [-0.25, -0.2) is 0 Å². The van der Waals surface area contributed by atoms with Crippen LogP contribution in [0.4, 0.5) is 0 Å². The molecule has 2 atom stereocenters. The number of hydrogen-bond donors (Lipinski definition) is 1. The Hall–Kier alpha value is -1.49. The summed E-state index contributed by atoms with van der Waals surface area (Å²) >= 11 is -0.965. The second-order valence-corrected chi connectivity index (χ2v) is 7.47. The first kappa shape index (κ1) is 16.4. The highest BCUT2D eigenvalue weighted by Gasteiger charge is 2.22. The van der Waals surface area contributed by atoms with Crippen LogP contribution in [0, 0.1) is 6.92 Å². The zero-order valence-corrected chi connectivity index (χ0v) is 14.3. The molecule has 1 aliphatic rings.